The Bertz CT molecular complexity index is 631. The molecule has 0 radical (unpaired) electrons. The summed E-state index contributed by atoms with van der Waals surface area (Å²) in [7, 11) is 0. The topological polar surface area (TPSA) is 43.8 Å². The first-order valence-electron chi connectivity index (χ1n) is 6.09. The van der Waals surface area contributed by atoms with Gasteiger partial charge in [0.05, 0.1) is 10.7 Å². The molecular formula is C13H12BrClFN3. The monoisotopic (exact) mass is 343 g/mol. The van der Waals surface area contributed by atoms with E-state index in [0.29, 0.717) is 21.0 Å². The minimum atomic E-state index is -0.380. The van der Waals surface area contributed by atoms with E-state index in [9.17, 15) is 4.39 Å². The van der Waals surface area contributed by atoms with Crippen molar-refractivity contribution in [3.05, 3.63) is 38.7 Å². The van der Waals surface area contributed by atoms with Gasteiger partial charge in [0.2, 0.25) is 0 Å². The normalized spacial score (nSPS) is 14.5. The Balaban J connectivity index is 2.23. The van der Waals surface area contributed by atoms with Crippen LogP contribution in [0.2, 0.25) is 5.02 Å². The molecule has 2 aromatic rings. The highest BCUT2D eigenvalue weighted by Crippen LogP contribution is 2.34. The summed E-state index contributed by atoms with van der Waals surface area (Å²) in [5.41, 5.74) is 8.79. The number of rotatable bonds is 1. The minimum absolute atomic E-state index is 0.322. The predicted molar refractivity (Wildman–Crippen MR) is 77.3 cm³/mol. The Morgan fingerprint density at radius 3 is 2.79 bits per heavy atom. The van der Waals surface area contributed by atoms with Crippen LogP contribution in [0.15, 0.2) is 16.6 Å². The number of hydrogen-bond acceptors (Lipinski definition) is 2. The quantitative estimate of drug-likeness (QED) is 0.853. The highest BCUT2D eigenvalue weighted by Gasteiger charge is 2.22. The van der Waals surface area contributed by atoms with Crippen molar-refractivity contribution in [1.82, 2.24) is 9.78 Å². The molecule has 3 rings (SSSR count). The van der Waals surface area contributed by atoms with Crippen LogP contribution < -0.4 is 5.73 Å². The van der Waals surface area contributed by atoms with Crippen LogP contribution in [-0.2, 0) is 12.8 Å². The minimum Gasteiger partial charge on any atom is -0.382 e. The number of nitrogens with zero attached hydrogens (tertiary/aromatic N) is 2. The molecule has 0 atom stereocenters. The third kappa shape index (κ3) is 2.15. The molecule has 6 heteroatoms. The number of aromatic nitrogens is 2. The van der Waals surface area contributed by atoms with Gasteiger partial charge in [0, 0.05) is 15.7 Å². The maximum absolute atomic E-state index is 13.3. The van der Waals surface area contributed by atoms with Crippen LogP contribution in [0.4, 0.5) is 10.2 Å². The molecule has 0 unspecified atom stereocenters. The van der Waals surface area contributed by atoms with Gasteiger partial charge in [-0.3, -0.25) is 0 Å². The molecule has 2 N–H and O–H groups in total. The molecule has 0 saturated heterocycles. The van der Waals surface area contributed by atoms with E-state index in [0.717, 1.165) is 36.9 Å². The first-order chi connectivity index (χ1) is 9.08. The van der Waals surface area contributed by atoms with Crippen LogP contribution in [0.25, 0.3) is 5.69 Å². The van der Waals surface area contributed by atoms with Gasteiger partial charge in [0.25, 0.3) is 0 Å². The zero-order valence-electron chi connectivity index (χ0n) is 10.1. The van der Waals surface area contributed by atoms with E-state index in [4.69, 9.17) is 17.3 Å². The summed E-state index contributed by atoms with van der Waals surface area (Å²) in [4.78, 5) is 0. The third-order valence-electron chi connectivity index (χ3n) is 3.40. The largest absolute Gasteiger partial charge is 0.382 e. The average molecular weight is 345 g/mol. The average Bonchev–Trinajstić information content (AvgIpc) is 2.67. The lowest BCUT2D eigenvalue weighted by atomic mass is 9.97. The Labute approximate surface area is 123 Å². The first-order valence-corrected chi connectivity index (χ1v) is 7.26. The highest BCUT2D eigenvalue weighted by molar-refractivity contribution is 9.10. The number of nitrogen functional groups attached to an aromatic ring is 1. The van der Waals surface area contributed by atoms with Gasteiger partial charge in [0.15, 0.2) is 0 Å². The summed E-state index contributed by atoms with van der Waals surface area (Å²) in [5.74, 6) is 0.164. The summed E-state index contributed by atoms with van der Waals surface area (Å²) in [6.45, 7) is 0. The smallest absolute Gasteiger partial charge is 0.149 e. The zero-order valence-corrected chi connectivity index (χ0v) is 12.4. The number of anilines is 1. The van der Waals surface area contributed by atoms with Gasteiger partial charge >= 0.3 is 0 Å². The van der Waals surface area contributed by atoms with Crippen LogP contribution in [0.1, 0.15) is 24.1 Å². The van der Waals surface area contributed by atoms with Crippen LogP contribution in [0.3, 0.4) is 0 Å². The van der Waals surface area contributed by atoms with Crippen molar-refractivity contribution in [3.8, 4) is 5.69 Å². The van der Waals surface area contributed by atoms with Crippen molar-refractivity contribution in [3.63, 3.8) is 0 Å². The molecule has 0 saturated carbocycles. The van der Waals surface area contributed by atoms with Gasteiger partial charge in [-0.25, -0.2) is 9.07 Å². The number of fused-ring (bicyclic) bond motifs is 1. The Kier molecular flexibility index (Phi) is 3.27. The van der Waals surface area contributed by atoms with E-state index in [1.165, 1.54) is 12.1 Å². The van der Waals surface area contributed by atoms with E-state index in [1.54, 1.807) is 4.68 Å². The lowest BCUT2D eigenvalue weighted by Crippen LogP contribution is -2.09. The second kappa shape index (κ2) is 4.80. The first kappa shape index (κ1) is 12.9. The number of benzene rings is 1. The zero-order chi connectivity index (χ0) is 13.6. The molecule has 1 aromatic heterocycles. The van der Waals surface area contributed by atoms with Crippen LogP contribution in [0.5, 0.6) is 0 Å². The van der Waals surface area contributed by atoms with Gasteiger partial charge in [-0.05, 0) is 53.7 Å². The molecule has 0 aliphatic heterocycles. The second-order valence-electron chi connectivity index (χ2n) is 4.65. The van der Waals surface area contributed by atoms with Gasteiger partial charge in [0.1, 0.15) is 11.6 Å². The van der Waals surface area contributed by atoms with E-state index >= 15 is 0 Å². The van der Waals surface area contributed by atoms with E-state index in [2.05, 4.69) is 21.0 Å². The predicted octanol–water partition coefficient (Wildman–Crippen LogP) is 3.89. The van der Waals surface area contributed by atoms with E-state index < -0.39 is 0 Å². The molecule has 19 heavy (non-hydrogen) atoms. The van der Waals surface area contributed by atoms with Gasteiger partial charge < -0.3 is 5.73 Å². The molecule has 0 amide bonds. The molecule has 1 aliphatic carbocycles. The summed E-state index contributed by atoms with van der Waals surface area (Å²) in [6, 6.07) is 2.67. The van der Waals surface area contributed by atoms with Crippen LogP contribution in [0, 0.1) is 5.82 Å². The van der Waals surface area contributed by atoms with Gasteiger partial charge in [-0.2, -0.15) is 5.10 Å². The van der Waals surface area contributed by atoms with Crippen molar-refractivity contribution in [2.24, 2.45) is 0 Å². The fourth-order valence-corrected chi connectivity index (χ4v) is 3.55. The van der Waals surface area contributed by atoms with Crippen molar-refractivity contribution in [2.45, 2.75) is 25.7 Å². The highest BCUT2D eigenvalue weighted by atomic mass is 79.9. The van der Waals surface area contributed by atoms with Crippen molar-refractivity contribution < 1.29 is 4.39 Å². The molecule has 3 nitrogen and oxygen atoms in total. The molecule has 1 aromatic carbocycles. The molecule has 0 fully saturated rings. The maximum atomic E-state index is 13.3. The van der Waals surface area contributed by atoms with Crippen molar-refractivity contribution in [2.75, 3.05) is 5.73 Å². The van der Waals surface area contributed by atoms with E-state index in [-0.39, 0.29) is 5.82 Å². The number of hydrogen-bond donors (Lipinski definition) is 1. The van der Waals surface area contributed by atoms with E-state index in [1.807, 2.05) is 0 Å². The molecular weight excluding hydrogens is 333 g/mol. The Morgan fingerprint density at radius 1 is 1.32 bits per heavy atom. The molecule has 0 spiro atoms. The van der Waals surface area contributed by atoms with Crippen LogP contribution in [-0.4, -0.2) is 9.78 Å². The molecule has 1 aliphatic rings. The molecule has 0 bridgehead atoms. The van der Waals surface area contributed by atoms with Crippen molar-refractivity contribution >= 4 is 33.3 Å². The molecule has 100 valence electrons. The standard InChI is InChI=1S/C13H12BrClFN3/c14-9-5-7(16)6-10(15)12(9)19-11-4-2-1-3-8(11)13(17)18-19/h5-6H,1-4H2,(H2,17,18). The summed E-state index contributed by atoms with van der Waals surface area (Å²) in [6.07, 6.45) is 4.09. The van der Waals surface area contributed by atoms with Gasteiger partial charge in [-0.15, -0.1) is 0 Å². The summed E-state index contributed by atoms with van der Waals surface area (Å²) < 4.78 is 15.6. The maximum Gasteiger partial charge on any atom is 0.149 e. The van der Waals surface area contributed by atoms with Crippen molar-refractivity contribution in [1.29, 1.82) is 0 Å². The van der Waals surface area contributed by atoms with Crippen LogP contribution >= 0.6 is 27.5 Å². The number of halogens is 3. The fraction of sp³-hybridized carbons (Fsp3) is 0.308. The Hall–Kier alpha value is -1.07. The SMILES string of the molecule is Nc1nn(-c2c(Cl)cc(F)cc2Br)c2c1CCCC2. The molecule has 1 heterocycles. The second-order valence-corrected chi connectivity index (χ2v) is 5.91. The lowest BCUT2D eigenvalue weighted by molar-refractivity contribution is 0.624. The Morgan fingerprint density at radius 2 is 2.05 bits per heavy atom. The number of nitrogens with two attached hydrogens (primary N) is 1. The summed E-state index contributed by atoms with van der Waals surface area (Å²) >= 11 is 9.50. The summed E-state index contributed by atoms with van der Waals surface area (Å²) in [5, 5.41) is 4.69. The lowest BCUT2D eigenvalue weighted by Gasteiger charge is -2.15. The fourth-order valence-electron chi connectivity index (χ4n) is 2.55. The van der Waals surface area contributed by atoms with Gasteiger partial charge in [-0.1, -0.05) is 11.6 Å². The third-order valence-corrected chi connectivity index (χ3v) is 4.30.